The lowest BCUT2D eigenvalue weighted by Crippen LogP contribution is -2.17. The zero-order valence-electron chi connectivity index (χ0n) is 10.7. The average Bonchev–Trinajstić information content (AvgIpc) is 2.76. The first-order valence-corrected chi connectivity index (χ1v) is 7.71. The highest BCUT2D eigenvalue weighted by atomic mass is 79.9. The van der Waals surface area contributed by atoms with Crippen molar-refractivity contribution < 1.29 is 13.2 Å². The van der Waals surface area contributed by atoms with E-state index in [1.54, 1.807) is 26.0 Å². The van der Waals surface area contributed by atoms with E-state index in [9.17, 15) is 8.42 Å². The molecule has 2 aromatic rings. The van der Waals surface area contributed by atoms with Crippen molar-refractivity contribution in [2.24, 2.45) is 0 Å². The molecule has 0 saturated carbocycles. The van der Waals surface area contributed by atoms with Crippen molar-refractivity contribution >= 4 is 26.0 Å². The second-order valence-corrected chi connectivity index (χ2v) is 6.66. The van der Waals surface area contributed by atoms with Gasteiger partial charge < -0.3 is 4.74 Å². The summed E-state index contributed by atoms with van der Waals surface area (Å²) in [6, 6.07) is 4.85. The van der Waals surface area contributed by atoms with Gasteiger partial charge in [-0.05, 0) is 47.5 Å². The number of rotatable bonds is 3. The maximum absolute atomic E-state index is 12.5. The molecule has 1 aromatic heterocycles. The molecule has 2 rings (SSSR count). The molecule has 0 aliphatic carbocycles. The van der Waals surface area contributed by atoms with Crippen LogP contribution in [-0.4, -0.2) is 24.7 Å². The highest BCUT2D eigenvalue weighted by Crippen LogP contribution is 2.31. The molecular formula is C12H13BrN2O3S. The molecule has 0 unspecified atom stereocenters. The highest BCUT2D eigenvalue weighted by molar-refractivity contribution is 9.10. The van der Waals surface area contributed by atoms with Crippen LogP contribution in [0.25, 0.3) is 0 Å². The third kappa shape index (κ3) is 2.40. The number of aryl methyl sites for hydroxylation is 2. The van der Waals surface area contributed by atoms with E-state index >= 15 is 0 Å². The van der Waals surface area contributed by atoms with Crippen molar-refractivity contribution in [3.63, 3.8) is 0 Å². The number of nitrogens with zero attached hydrogens (tertiary/aromatic N) is 2. The van der Waals surface area contributed by atoms with Crippen LogP contribution in [0, 0.1) is 13.8 Å². The monoisotopic (exact) mass is 344 g/mol. The van der Waals surface area contributed by atoms with Gasteiger partial charge in [-0.25, -0.2) is 0 Å². The first-order chi connectivity index (χ1) is 8.87. The van der Waals surface area contributed by atoms with E-state index < -0.39 is 10.0 Å². The Bertz CT molecular complexity index is 723. The molecule has 7 heteroatoms. The molecule has 19 heavy (non-hydrogen) atoms. The largest absolute Gasteiger partial charge is 0.496 e. The van der Waals surface area contributed by atoms with Crippen LogP contribution in [0.15, 0.2) is 33.8 Å². The molecule has 1 aromatic carbocycles. The topological polar surface area (TPSA) is 61.2 Å². The van der Waals surface area contributed by atoms with Gasteiger partial charge in [-0.2, -0.15) is 17.6 Å². The van der Waals surface area contributed by atoms with Crippen LogP contribution in [0.1, 0.15) is 11.3 Å². The molecule has 0 N–H and O–H groups in total. The van der Waals surface area contributed by atoms with E-state index in [0.29, 0.717) is 21.5 Å². The van der Waals surface area contributed by atoms with E-state index in [4.69, 9.17) is 4.74 Å². The standard InChI is InChI=1S/C12H13BrN2O3S/c1-8-6-10(13)11(18-3)7-12(8)19(16,17)15-9(2)4-5-14-15/h4-7H,1-3H3. The van der Waals surface area contributed by atoms with Crippen LogP contribution in [0.4, 0.5) is 0 Å². The Morgan fingerprint density at radius 3 is 2.53 bits per heavy atom. The molecule has 0 bridgehead atoms. The lowest BCUT2D eigenvalue weighted by Gasteiger charge is -2.12. The third-order valence-electron chi connectivity index (χ3n) is 2.74. The van der Waals surface area contributed by atoms with E-state index in [0.717, 1.165) is 4.09 Å². The summed E-state index contributed by atoms with van der Waals surface area (Å²) in [6.45, 7) is 3.42. The van der Waals surface area contributed by atoms with Crippen molar-refractivity contribution in [2.45, 2.75) is 18.7 Å². The number of hydrogen-bond donors (Lipinski definition) is 0. The Hall–Kier alpha value is -1.34. The minimum Gasteiger partial charge on any atom is -0.496 e. The average molecular weight is 345 g/mol. The van der Waals surface area contributed by atoms with E-state index in [1.165, 1.54) is 19.4 Å². The van der Waals surface area contributed by atoms with Gasteiger partial charge >= 0.3 is 0 Å². The maximum atomic E-state index is 12.5. The van der Waals surface area contributed by atoms with Crippen LogP contribution in [0.3, 0.4) is 0 Å². The van der Waals surface area contributed by atoms with Gasteiger partial charge in [0.15, 0.2) is 0 Å². The van der Waals surface area contributed by atoms with E-state index in [2.05, 4.69) is 21.0 Å². The van der Waals surface area contributed by atoms with Crippen molar-refractivity contribution in [3.05, 3.63) is 40.1 Å². The summed E-state index contributed by atoms with van der Waals surface area (Å²) in [7, 11) is -2.21. The molecule has 0 spiro atoms. The summed E-state index contributed by atoms with van der Waals surface area (Å²) in [5.41, 5.74) is 1.18. The Morgan fingerprint density at radius 1 is 1.32 bits per heavy atom. The fourth-order valence-corrected chi connectivity index (χ4v) is 3.92. The molecule has 0 saturated heterocycles. The predicted octanol–water partition coefficient (Wildman–Crippen LogP) is 2.51. The van der Waals surface area contributed by atoms with Gasteiger partial charge in [-0.3, -0.25) is 0 Å². The van der Waals surface area contributed by atoms with Crippen LogP contribution < -0.4 is 4.74 Å². The molecule has 102 valence electrons. The van der Waals surface area contributed by atoms with Crippen molar-refractivity contribution in [1.29, 1.82) is 0 Å². The second kappa shape index (κ2) is 4.97. The van der Waals surface area contributed by atoms with Gasteiger partial charge in [0.1, 0.15) is 5.75 Å². The zero-order valence-corrected chi connectivity index (χ0v) is 13.1. The van der Waals surface area contributed by atoms with Crippen molar-refractivity contribution in [2.75, 3.05) is 7.11 Å². The minimum atomic E-state index is -3.70. The predicted molar refractivity (Wildman–Crippen MR) is 75.0 cm³/mol. The molecule has 0 atom stereocenters. The van der Waals surface area contributed by atoms with Crippen LogP contribution in [0.5, 0.6) is 5.75 Å². The van der Waals surface area contributed by atoms with Gasteiger partial charge in [0.2, 0.25) is 0 Å². The first kappa shape index (κ1) is 14.1. The van der Waals surface area contributed by atoms with Gasteiger partial charge in [0, 0.05) is 6.07 Å². The number of halogens is 1. The van der Waals surface area contributed by atoms with Crippen molar-refractivity contribution in [1.82, 2.24) is 9.19 Å². The van der Waals surface area contributed by atoms with Crippen LogP contribution in [-0.2, 0) is 10.0 Å². The Balaban J connectivity index is 2.68. The number of aromatic nitrogens is 2. The molecule has 0 amide bonds. The summed E-state index contributed by atoms with van der Waals surface area (Å²) >= 11 is 3.33. The summed E-state index contributed by atoms with van der Waals surface area (Å²) in [5, 5.41) is 3.86. The number of benzene rings is 1. The molecule has 0 aliphatic heterocycles. The summed E-state index contributed by atoms with van der Waals surface area (Å²) in [6.07, 6.45) is 1.46. The van der Waals surface area contributed by atoms with Crippen LogP contribution in [0.2, 0.25) is 0 Å². The molecule has 5 nitrogen and oxygen atoms in total. The van der Waals surface area contributed by atoms with Gasteiger partial charge in [0.05, 0.1) is 28.4 Å². The van der Waals surface area contributed by atoms with Gasteiger partial charge in [-0.1, -0.05) is 0 Å². The zero-order chi connectivity index (χ0) is 14.2. The molecule has 1 heterocycles. The molecule has 0 fully saturated rings. The molecular weight excluding hydrogens is 332 g/mol. The molecule has 0 aliphatic rings. The Kier molecular flexibility index (Phi) is 3.69. The number of methoxy groups -OCH3 is 1. The fourth-order valence-electron chi connectivity index (χ4n) is 1.77. The lowest BCUT2D eigenvalue weighted by molar-refractivity contribution is 0.410. The van der Waals surface area contributed by atoms with Crippen LogP contribution >= 0.6 is 15.9 Å². The van der Waals surface area contributed by atoms with Crippen molar-refractivity contribution in [3.8, 4) is 5.75 Å². The lowest BCUT2D eigenvalue weighted by atomic mass is 10.2. The Labute approximate surface area is 120 Å². The quantitative estimate of drug-likeness (QED) is 0.858. The summed E-state index contributed by atoms with van der Waals surface area (Å²) < 4.78 is 32.0. The van der Waals surface area contributed by atoms with Gasteiger partial charge in [0.25, 0.3) is 10.0 Å². The van der Waals surface area contributed by atoms with E-state index in [-0.39, 0.29) is 4.90 Å². The Morgan fingerprint density at radius 2 is 2.00 bits per heavy atom. The smallest absolute Gasteiger partial charge is 0.283 e. The van der Waals surface area contributed by atoms with E-state index in [1.807, 2.05) is 0 Å². The summed E-state index contributed by atoms with van der Waals surface area (Å²) in [5.74, 6) is 0.467. The molecule has 0 radical (unpaired) electrons. The maximum Gasteiger partial charge on any atom is 0.283 e. The number of hydrogen-bond acceptors (Lipinski definition) is 4. The van der Waals surface area contributed by atoms with Gasteiger partial charge in [-0.15, -0.1) is 0 Å². The first-order valence-electron chi connectivity index (χ1n) is 5.48. The minimum absolute atomic E-state index is 0.180. The normalized spacial score (nSPS) is 11.6. The highest BCUT2D eigenvalue weighted by Gasteiger charge is 2.23. The number of ether oxygens (including phenoxy) is 1. The fraction of sp³-hybridized carbons (Fsp3) is 0.250. The second-order valence-electron chi connectivity index (χ2n) is 4.07. The third-order valence-corrected chi connectivity index (χ3v) is 5.20. The summed E-state index contributed by atoms with van der Waals surface area (Å²) in [4.78, 5) is 0.180. The SMILES string of the molecule is COc1cc(S(=O)(=O)n2nccc2C)c(C)cc1Br.